The van der Waals surface area contributed by atoms with Crippen LogP contribution in [0.4, 0.5) is 10.1 Å². The SMILES string of the molecule is CSCCC(NC(=O)c1ccc(CN(Cc2cccc(F)c2)c2ccccc2)cc1-c1ccccc1C)C(=O)O. The maximum Gasteiger partial charge on any atom is 0.326 e. The molecular weight excluding hydrogens is 523 g/mol. The van der Waals surface area contributed by atoms with Crippen LogP contribution in [0.1, 0.15) is 33.5 Å². The number of halogens is 1. The van der Waals surface area contributed by atoms with Gasteiger partial charge in [-0.25, -0.2) is 9.18 Å². The van der Waals surface area contributed by atoms with Gasteiger partial charge in [0.2, 0.25) is 0 Å². The zero-order valence-corrected chi connectivity index (χ0v) is 23.5. The summed E-state index contributed by atoms with van der Waals surface area (Å²) in [7, 11) is 0. The first-order valence-electron chi connectivity index (χ1n) is 13.1. The van der Waals surface area contributed by atoms with E-state index in [9.17, 15) is 19.1 Å². The predicted octanol–water partition coefficient (Wildman–Crippen LogP) is 6.94. The Balaban J connectivity index is 1.71. The van der Waals surface area contributed by atoms with E-state index in [1.807, 2.05) is 86.0 Å². The van der Waals surface area contributed by atoms with E-state index in [-0.39, 0.29) is 5.82 Å². The Morgan fingerprint density at radius 3 is 2.25 bits per heavy atom. The molecule has 0 aliphatic heterocycles. The van der Waals surface area contributed by atoms with Crippen molar-refractivity contribution in [1.29, 1.82) is 0 Å². The van der Waals surface area contributed by atoms with Crippen LogP contribution in [0.15, 0.2) is 97.1 Å². The second-order valence-electron chi connectivity index (χ2n) is 9.66. The molecule has 1 amide bonds. The molecule has 5 nitrogen and oxygen atoms in total. The van der Waals surface area contributed by atoms with Crippen LogP contribution in [-0.4, -0.2) is 35.0 Å². The molecule has 0 aliphatic rings. The van der Waals surface area contributed by atoms with Crippen molar-refractivity contribution < 1.29 is 19.1 Å². The third-order valence-electron chi connectivity index (χ3n) is 6.74. The number of anilines is 1. The number of aryl methyl sites for hydroxylation is 1. The number of carboxylic acid groups (broad SMARTS) is 1. The minimum absolute atomic E-state index is 0.278. The van der Waals surface area contributed by atoms with Gasteiger partial charge in [-0.3, -0.25) is 4.79 Å². The Bertz CT molecular complexity index is 1460. The number of carbonyl (C=O) groups is 2. The topological polar surface area (TPSA) is 69.6 Å². The van der Waals surface area contributed by atoms with Gasteiger partial charge in [-0.15, -0.1) is 0 Å². The lowest BCUT2D eigenvalue weighted by Gasteiger charge is -2.26. The number of thioether (sulfide) groups is 1. The molecule has 4 aromatic carbocycles. The van der Waals surface area contributed by atoms with Gasteiger partial charge in [0.05, 0.1) is 0 Å². The summed E-state index contributed by atoms with van der Waals surface area (Å²) in [5, 5.41) is 12.4. The van der Waals surface area contributed by atoms with E-state index < -0.39 is 17.9 Å². The van der Waals surface area contributed by atoms with Gasteiger partial charge in [0.15, 0.2) is 0 Å². The van der Waals surface area contributed by atoms with E-state index in [4.69, 9.17) is 0 Å². The van der Waals surface area contributed by atoms with Gasteiger partial charge in [0, 0.05) is 24.3 Å². The van der Waals surface area contributed by atoms with Crippen molar-refractivity contribution >= 4 is 29.3 Å². The van der Waals surface area contributed by atoms with Crippen molar-refractivity contribution in [1.82, 2.24) is 5.32 Å². The largest absolute Gasteiger partial charge is 0.480 e. The number of carboxylic acids is 1. The van der Waals surface area contributed by atoms with Gasteiger partial charge in [0.1, 0.15) is 11.9 Å². The summed E-state index contributed by atoms with van der Waals surface area (Å²) in [5.74, 6) is -1.12. The predicted molar refractivity (Wildman–Crippen MR) is 161 cm³/mol. The van der Waals surface area contributed by atoms with Crippen LogP contribution in [0.2, 0.25) is 0 Å². The van der Waals surface area contributed by atoms with Crippen LogP contribution < -0.4 is 10.2 Å². The Morgan fingerprint density at radius 2 is 1.57 bits per heavy atom. The molecule has 4 rings (SSSR count). The number of hydrogen-bond donors (Lipinski definition) is 2. The van der Waals surface area contributed by atoms with Crippen molar-refractivity contribution in [2.75, 3.05) is 16.9 Å². The second-order valence-corrected chi connectivity index (χ2v) is 10.6. The zero-order chi connectivity index (χ0) is 28.5. The van der Waals surface area contributed by atoms with Crippen molar-refractivity contribution in [2.24, 2.45) is 0 Å². The fourth-order valence-electron chi connectivity index (χ4n) is 4.67. The van der Waals surface area contributed by atoms with Gasteiger partial charge in [-0.2, -0.15) is 11.8 Å². The molecule has 0 radical (unpaired) electrons. The standard InChI is InChI=1S/C33H33FN2O3S/c1-23-9-6-7-14-28(23)30-20-25(15-16-29(30)32(37)35-31(33(38)39)17-18-40-2)22-36(27-12-4-3-5-13-27)21-24-10-8-11-26(34)19-24/h3-16,19-20,31H,17-18,21-22H2,1-2H3,(H,35,37)(H,38,39). The van der Waals surface area contributed by atoms with E-state index in [2.05, 4.69) is 10.2 Å². The van der Waals surface area contributed by atoms with Gasteiger partial charge in [0.25, 0.3) is 5.91 Å². The minimum Gasteiger partial charge on any atom is -0.480 e. The summed E-state index contributed by atoms with van der Waals surface area (Å²) in [4.78, 5) is 27.4. The Kier molecular flexibility index (Phi) is 9.97. The third kappa shape index (κ3) is 7.51. The monoisotopic (exact) mass is 556 g/mol. The number of amides is 1. The summed E-state index contributed by atoms with van der Waals surface area (Å²) >= 11 is 1.54. The number of rotatable bonds is 12. The fourth-order valence-corrected chi connectivity index (χ4v) is 5.14. The first-order chi connectivity index (χ1) is 19.4. The number of hydrogen-bond acceptors (Lipinski definition) is 4. The Hall–Kier alpha value is -4.10. The molecule has 0 fully saturated rings. The number of aliphatic carboxylic acids is 1. The lowest BCUT2D eigenvalue weighted by molar-refractivity contribution is -0.139. The minimum atomic E-state index is -1.05. The van der Waals surface area contributed by atoms with Crippen LogP contribution in [-0.2, 0) is 17.9 Å². The van der Waals surface area contributed by atoms with E-state index >= 15 is 0 Å². The molecule has 7 heteroatoms. The molecule has 0 saturated heterocycles. The van der Waals surface area contributed by atoms with Crippen LogP contribution >= 0.6 is 11.8 Å². The van der Waals surface area contributed by atoms with Gasteiger partial charge in [-0.05, 0) is 89.6 Å². The van der Waals surface area contributed by atoms with Crippen molar-refractivity contribution in [3.8, 4) is 11.1 Å². The van der Waals surface area contributed by atoms with Crippen LogP contribution in [0.3, 0.4) is 0 Å². The lowest BCUT2D eigenvalue weighted by atomic mass is 9.93. The molecular formula is C33H33FN2O3S. The van der Waals surface area contributed by atoms with E-state index in [0.29, 0.717) is 30.8 Å². The number of nitrogens with zero attached hydrogens (tertiary/aromatic N) is 1. The summed E-state index contributed by atoms with van der Waals surface area (Å²) in [5.41, 5.74) is 5.87. The highest BCUT2D eigenvalue weighted by Crippen LogP contribution is 2.30. The first-order valence-corrected chi connectivity index (χ1v) is 14.5. The van der Waals surface area contributed by atoms with E-state index in [0.717, 1.165) is 33.5 Å². The van der Waals surface area contributed by atoms with Crippen molar-refractivity contribution in [3.05, 3.63) is 125 Å². The molecule has 0 bridgehead atoms. The van der Waals surface area contributed by atoms with Crippen LogP contribution in [0.5, 0.6) is 0 Å². The van der Waals surface area contributed by atoms with E-state index in [1.54, 1.807) is 12.1 Å². The quantitative estimate of drug-likeness (QED) is 0.198. The number of para-hydroxylation sites is 1. The molecule has 0 heterocycles. The molecule has 206 valence electrons. The average molecular weight is 557 g/mol. The smallest absolute Gasteiger partial charge is 0.326 e. The lowest BCUT2D eigenvalue weighted by Crippen LogP contribution is -2.41. The highest BCUT2D eigenvalue weighted by molar-refractivity contribution is 7.98. The van der Waals surface area contributed by atoms with E-state index in [1.165, 1.54) is 23.9 Å². The Labute approximate surface area is 239 Å². The molecule has 40 heavy (non-hydrogen) atoms. The molecule has 0 spiro atoms. The first kappa shape index (κ1) is 28.9. The highest BCUT2D eigenvalue weighted by Gasteiger charge is 2.23. The molecule has 1 atom stereocenters. The number of benzene rings is 4. The highest BCUT2D eigenvalue weighted by atomic mass is 32.2. The summed E-state index contributed by atoms with van der Waals surface area (Å²) in [6, 6.07) is 29.0. The summed E-state index contributed by atoms with van der Waals surface area (Å²) < 4.78 is 14.0. The molecule has 1 unspecified atom stereocenters. The zero-order valence-electron chi connectivity index (χ0n) is 22.6. The van der Waals surface area contributed by atoms with Crippen LogP contribution in [0.25, 0.3) is 11.1 Å². The average Bonchev–Trinajstić information content (AvgIpc) is 2.95. The maximum absolute atomic E-state index is 14.0. The van der Waals surface area contributed by atoms with Gasteiger partial charge in [-0.1, -0.05) is 60.7 Å². The van der Waals surface area contributed by atoms with Gasteiger partial charge < -0.3 is 15.3 Å². The normalized spacial score (nSPS) is 11.6. The number of nitrogens with one attached hydrogen (secondary N) is 1. The fraction of sp³-hybridized carbons (Fsp3) is 0.212. The molecule has 2 N–H and O–H groups in total. The van der Waals surface area contributed by atoms with Crippen molar-refractivity contribution in [2.45, 2.75) is 32.5 Å². The molecule has 4 aromatic rings. The molecule has 0 aromatic heterocycles. The molecule has 0 aliphatic carbocycles. The second kappa shape index (κ2) is 13.8. The maximum atomic E-state index is 14.0. The van der Waals surface area contributed by atoms with Crippen LogP contribution in [0, 0.1) is 12.7 Å². The summed E-state index contributed by atoms with van der Waals surface area (Å²) in [6.45, 7) is 3.01. The molecule has 0 saturated carbocycles. The van der Waals surface area contributed by atoms with Gasteiger partial charge >= 0.3 is 5.97 Å². The summed E-state index contributed by atoms with van der Waals surface area (Å²) in [6.07, 6.45) is 2.24. The van der Waals surface area contributed by atoms with Crippen molar-refractivity contribution in [3.63, 3.8) is 0 Å². The number of carbonyl (C=O) groups excluding carboxylic acids is 1. The third-order valence-corrected chi connectivity index (χ3v) is 7.38. The Morgan fingerprint density at radius 1 is 0.875 bits per heavy atom.